The number of nitrogens with one attached hydrogen (secondary N) is 1. The van der Waals surface area contributed by atoms with Crippen LogP contribution in [-0.4, -0.2) is 29.2 Å². The second-order valence-corrected chi connectivity index (χ2v) is 9.47. The van der Waals surface area contributed by atoms with Gasteiger partial charge in [-0.1, -0.05) is 60.3 Å². The lowest BCUT2D eigenvalue weighted by Gasteiger charge is -2.33. The van der Waals surface area contributed by atoms with Crippen molar-refractivity contribution in [3.63, 3.8) is 0 Å². The number of hydrazone groups is 1. The van der Waals surface area contributed by atoms with Gasteiger partial charge in [-0.3, -0.25) is 15.2 Å². The van der Waals surface area contributed by atoms with Crippen molar-refractivity contribution in [2.45, 2.75) is 45.2 Å². The molecule has 2 aliphatic heterocycles. The largest absolute Gasteiger partial charge is 0.283 e. The van der Waals surface area contributed by atoms with E-state index in [4.69, 9.17) is 39.9 Å². The fraction of sp³-hybridized carbons (Fsp3) is 0.391. The van der Waals surface area contributed by atoms with E-state index in [1.54, 1.807) is 12.1 Å². The molecular formula is C23H25Cl3N4O. The lowest BCUT2D eigenvalue weighted by Crippen LogP contribution is -2.52. The first-order chi connectivity index (χ1) is 14.8. The Morgan fingerprint density at radius 1 is 1.03 bits per heavy atom. The minimum absolute atomic E-state index is 0.159. The van der Waals surface area contributed by atoms with Gasteiger partial charge in [0.2, 0.25) is 0 Å². The number of hydrazine groups is 1. The maximum absolute atomic E-state index is 13.2. The summed E-state index contributed by atoms with van der Waals surface area (Å²) in [5.74, 6) is -0.333. The minimum atomic E-state index is -0.199. The van der Waals surface area contributed by atoms with E-state index in [-0.39, 0.29) is 17.9 Å². The lowest BCUT2D eigenvalue weighted by molar-refractivity contribution is -0.121. The molecule has 1 amide bonds. The number of carbonyl (C=O) groups is 1. The molecule has 1 N–H and O–H groups in total. The van der Waals surface area contributed by atoms with Gasteiger partial charge in [0, 0.05) is 28.5 Å². The van der Waals surface area contributed by atoms with Crippen LogP contribution in [0.5, 0.6) is 0 Å². The number of halogens is 3. The predicted molar refractivity (Wildman–Crippen MR) is 128 cm³/mol. The quantitative estimate of drug-likeness (QED) is 0.576. The molecule has 2 aromatic rings. The first-order valence-corrected chi connectivity index (χ1v) is 11.6. The molecule has 3 atom stereocenters. The maximum atomic E-state index is 13.2. The number of hydrogen-bond donors (Lipinski definition) is 1. The van der Waals surface area contributed by atoms with Gasteiger partial charge in [-0.05, 0) is 55.7 Å². The third-order valence-electron chi connectivity index (χ3n) is 6.03. The molecular weight excluding hydrogens is 455 g/mol. The van der Waals surface area contributed by atoms with E-state index in [9.17, 15) is 4.79 Å². The van der Waals surface area contributed by atoms with Crippen molar-refractivity contribution in [1.29, 1.82) is 0 Å². The van der Waals surface area contributed by atoms with Crippen molar-refractivity contribution in [1.82, 2.24) is 10.4 Å². The van der Waals surface area contributed by atoms with Crippen molar-refractivity contribution in [3.8, 4) is 0 Å². The van der Waals surface area contributed by atoms with E-state index in [1.165, 1.54) is 6.42 Å². The molecule has 8 heteroatoms. The molecule has 2 aromatic carbocycles. The number of rotatable bonds is 4. The third-order valence-corrected chi connectivity index (χ3v) is 6.82. The van der Waals surface area contributed by atoms with Gasteiger partial charge in [-0.15, -0.1) is 0 Å². The molecule has 164 valence electrons. The van der Waals surface area contributed by atoms with Crippen molar-refractivity contribution in [2.24, 2.45) is 11.0 Å². The molecule has 1 saturated heterocycles. The summed E-state index contributed by atoms with van der Waals surface area (Å²) in [6.07, 6.45) is 3.33. The summed E-state index contributed by atoms with van der Waals surface area (Å²) < 4.78 is 0. The smallest absolute Gasteiger partial charge is 0.282 e. The monoisotopic (exact) mass is 478 g/mol. The topological polar surface area (TPSA) is 47.9 Å². The zero-order chi connectivity index (χ0) is 22.1. The Balaban J connectivity index is 1.68. The Labute approximate surface area is 197 Å². The average molecular weight is 480 g/mol. The zero-order valence-electron chi connectivity index (χ0n) is 17.5. The van der Waals surface area contributed by atoms with E-state index in [1.807, 2.05) is 47.3 Å². The number of anilines is 1. The molecule has 2 aliphatic rings. The van der Waals surface area contributed by atoms with E-state index in [2.05, 4.69) is 12.3 Å². The normalized spacial score (nSPS) is 24.2. The van der Waals surface area contributed by atoms with Crippen LogP contribution in [0.4, 0.5) is 5.69 Å². The number of benzene rings is 2. The summed E-state index contributed by atoms with van der Waals surface area (Å²) in [6.45, 7) is 5.00. The third kappa shape index (κ3) is 4.70. The molecule has 0 bridgehead atoms. The van der Waals surface area contributed by atoms with Crippen LogP contribution in [0.15, 0.2) is 47.6 Å². The Hall–Kier alpha value is -1.79. The standard InChI is InChI=1S/C23H25Cl3N4O/c1-14-5-3-4-12-29(14)28-23(31)21-15(2)22(16-6-8-17(24)9-7-16)30(27-21)20-11-10-18(25)13-19(20)26/h6-11,13-15,22H,3-5,12H2,1-2H3,(H,28,31)/t14-,15+,22-/m0/s1. The second-order valence-electron chi connectivity index (χ2n) is 8.19. The molecule has 31 heavy (non-hydrogen) atoms. The molecule has 0 saturated carbocycles. The summed E-state index contributed by atoms with van der Waals surface area (Å²) in [5, 5.41) is 10.3. The fourth-order valence-electron chi connectivity index (χ4n) is 4.30. The highest BCUT2D eigenvalue weighted by molar-refractivity contribution is 6.41. The van der Waals surface area contributed by atoms with Crippen LogP contribution >= 0.6 is 34.8 Å². The molecule has 5 nitrogen and oxygen atoms in total. The maximum Gasteiger partial charge on any atom is 0.282 e. The van der Waals surface area contributed by atoms with Crippen molar-refractivity contribution in [2.75, 3.05) is 11.6 Å². The van der Waals surface area contributed by atoms with Gasteiger partial charge in [0.05, 0.1) is 16.8 Å². The van der Waals surface area contributed by atoms with Crippen molar-refractivity contribution >= 4 is 52.1 Å². The van der Waals surface area contributed by atoms with Crippen LogP contribution in [0.25, 0.3) is 0 Å². The average Bonchev–Trinajstić information content (AvgIpc) is 3.07. The van der Waals surface area contributed by atoms with Crippen molar-refractivity contribution in [3.05, 3.63) is 63.1 Å². The Kier molecular flexibility index (Phi) is 6.77. The molecule has 2 heterocycles. The summed E-state index contributed by atoms with van der Waals surface area (Å²) in [6, 6.07) is 13.0. The highest BCUT2D eigenvalue weighted by Crippen LogP contribution is 2.42. The van der Waals surface area contributed by atoms with Crippen molar-refractivity contribution < 1.29 is 4.79 Å². The first-order valence-electron chi connectivity index (χ1n) is 10.5. The minimum Gasteiger partial charge on any atom is -0.283 e. The molecule has 0 spiro atoms. The van der Waals surface area contributed by atoms with Crippen LogP contribution < -0.4 is 10.4 Å². The van der Waals surface area contributed by atoms with E-state index >= 15 is 0 Å². The van der Waals surface area contributed by atoms with Gasteiger partial charge in [0.1, 0.15) is 5.71 Å². The van der Waals surface area contributed by atoms with E-state index in [0.717, 1.165) is 24.9 Å². The van der Waals surface area contributed by atoms with Crippen LogP contribution in [0.2, 0.25) is 15.1 Å². The summed E-state index contributed by atoms with van der Waals surface area (Å²) in [4.78, 5) is 13.2. The molecule has 0 aliphatic carbocycles. The van der Waals surface area contributed by atoms with Gasteiger partial charge in [-0.25, -0.2) is 5.01 Å². The van der Waals surface area contributed by atoms with Gasteiger partial charge in [-0.2, -0.15) is 5.10 Å². The molecule has 0 aromatic heterocycles. The fourth-order valence-corrected chi connectivity index (χ4v) is 4.92. The molecule has 4 rings (SSSR count). The van der Waals surface area contributed by atoms with Gasteiger partial charge in [0.25, 0.3) is 5.91 Å². The number of hydrogen-bond acceptors (Lipinski definition) is 4. The van der Waals surface area contributed by atoms with Crippen LogP contribution in [-0.2, 0) is 4.79 Å². The zero-order valence-corrected chi connectivity index (χ0v) is 19.8. The SMILES string of the molecule is C[C@@H]1C(C(=O)NN2CCCC[C@@H]2C)=NN(c2ccc(Cl)cc2Cl)[C@@H]1c1ccc(Cl)cc1. The number of nitrogens with zero attached hydrogens (tertiary/aromatic N) is 3. The van der Waals surface area contributed by atoms with Gasteiger partial charge in [0.15, 0.2) is 0 Å². The lowest BCUT2D eigenvalue weighted by atomic mass is 9.91. The van der Waals surface area contributed by atoms with Gasteiger partial charge < -0.3 is 0 Å². The molecule has 0 unspecified atom stereocenters. The van der Waals surface area contributed by atoms with Crippen LogP contribution in [0.1, 0.15) is 44.7 Å². The van der Waals surface area contributed by atoms with Gasteiger partial charge >= 0.3 is 0 Å². The molecule has 0 radical (unpaired) electrons. The molecule has 1 fully saturated rings. The highest BCUT2D eigenvalue weighted by Gasteiger charge is 2.40. The summed E-state index contributed by atoms with van der Waals surface area (Å²) in [5.41, 5.74) is 5.26. The van der Waals surface area contributed by atoms with E-state index in [0.29, 0.717) is 32.5 Å². The van der Waals surface area contributed by atoms with Crippen LogP contribution in [0.3, 0.4) is 0 Å². The number of carbonyl (C=O) groups excluding carboxylic acids is 1. The predicted octanol–water partition coefficient (Wildman–Crippen LogP) is 6.11. The summed E-state index contributed by atoms with van der Waals surface area (Å²) in [7, 11) is 0. The summed E-state index contributed by atoms with van der Waals surface area (Å²) >= 11 is 18.7. The van der Waals surface area contributed by atoms with Crippen LogP contribution in [0, 0.1) is 5.92 Å². The Morgan fingerprint density at radius 3 is 2.42 bits per heavy atom. The highest BCUT2D eigenvalue weighted by atomic mass is 35.5. The second kappa shape index (κ2) is 9.37. The Bertz CT molecular complexity index is 995. The number of amides is 1. The first kappa shape index (κ1) is 22.4. The van der Waals surface area contributed by atoms with E-state index < -0.39 is 0 Å². The number of piperidine rings is 1. The Morgan fingerprint density at radius 2 is 1.74 bits per heavy atom.